The van der Waals surface area contributed by atoms with Crippen LogP contribution in [0.2, 0.25) is 0 Å². The lowest BCUT2D eigenvalue weighted by molar-refractivity contribution is -0.154. The molecule has 1 heterocycles. The van der Waals surface area contributed by atoms with Gasteiger partial charge in [-0.1, -0.05) is 13.8 Å². The maximum absolute atomic E-state index is 12.1. The molecule has 1 rings (SSSR count). The molecule has 0 saturated carbocycles. The highest BCUT2D eigenvalue weighted by atomic mass is 16.5. The molecule has 0 aliphatic carbocycles. The van der Waals surface area contributed by atoms with E-state index in [1.165, 1.54) is 0 Å². The number of hydrogen-bond donors (Lipinski definition) is 1. The van der Waals surface area contributed by atoms with Gasteiger partial charge in [-0.3, -0.25) is 9.48 Å². The van der Waals surface area contributed by atoms with Crippen molar-refractivity contribution in [2.24, 2.45) is 13.0 Å². The first-order valence-corrected chi connectivity index (χ1v) is 7.25. The maximum atomic E-state index is 12.1. The third kappa shape index (κ3) is 4.58. The molecular weight excluding hydrogens is 270 g/mol. The van der Waals surface area contributed by atoms with Crippen molar-refractivity contribution in [1.82, 2.24) is 15.1 Å². The fourth-order valence-corrected chi connectivity index (χ4v) is 1.92. The quantitative estimate of drug-likeness (QED) is 0.773. The zero-order valence-corrected chi connectivity index (χ0v) is 13.5. The highest BCUT2D eigenvalue weighted by Gasteiger charge is 2.39. The summed E-state index contributed by atoms with van der Waals surface area (Å²) in [7, 11) is 1.83. The third-order valence-corrected chi connectivity index (χ3v) is 3.65. The Morgan fingerprint density at radius 2 is 2.14 bits per heavy atom. The average molecular weight is 295 g/mol. The molecule has 6 heteroatoms. The second-order valence-corrected chi connectivity index (χ2v) is 5.65. The summed E-state index contributed by atoms with van der Waals surface area (Å²) in [5, 5.41) is 6.87. The third-order valence-electron chi connectivity index (χ3n) is 3.65. The maximum Gasteiger partial charge on any atom is 0.331 e. The number of aryl methyl sites for hydroxylation is 2. The summed E-state index contributed by atoms with van der Waals surface area (Å²) in [4.78, 5) is 24.2. The molecule has 1 amide bonds. The molecule has 0 fully saturated rings. The van der Waals surface area contributed by atoms with Gasteiger partial charge in [0.25, 0.3) is 0 Å². The Kier molecular flexibility index (Phi) is 5.93. The molecule has 0 saturated heterocycles. The Hall–Kier alpha value is -1.85. The molecule has 0 unspecified atom stereocenters. The van der Waals surface area contributed by atoms with E-state index in [4.69, 9.17) is 4.74 Å². The second kappa shape index (κ2) is 7.24. The molecule has 1 N–H and O–H groups in total. The lowest BCUT2D eigenvalue weighted by Crippen LogP contribution is -2.56. The van der Waals surface area contributed by atoms with Crippen molar-refractivity contribution in [2.75, 3.05) is 6.61 Å². The van der Waals surface area contributed by atoms with E-state index in [2.05, 4.69) is 10.4 Å². The summed E-state index contributed by atoms with van der Waals surface area (Å²) in [5.74, 6) is -0.614. The van der Waals surface area contributed by atoms with Gasteiger partial charge < -0.3 is 10.1 Å². The van der Waals surface area contributed by atoms with Gasteiger partial charge in [0.15, 0.2) is 0 Å². The number of ether oxygens (including phenoxy) is 1. The molecule has 1 aromatic heterocycles. The summed E-state index contributed by atoms with van der Waals surface area (Å²) >= 11 is 0. The number of hydrogen-bond acceptors (Lipinski definition) is 4. The van der Waals surface area contributed by atoms with E-state index in [0.717, 1.165) is 5.56 Å². The number of carbonyl (C=O) groups is 2. The molecule has 21 heavy (non-hydrogen) atoms. The lowest BCUT2D eigenvalue weighted by atomic mass is 9.88. The van der Waals surface area contributed by atoms with Crippen LogP contribution in [0.5, 0.6) is 0 Å². The Labute approximate surface area is 125 Å². The van der Waals surface area contributed by atoms with Gasteiger partial charge >= 0.3 is 5.97 Å². The van der Waals surface area contributed by atoms with Crippen LogP contribution in [-0.4, -0.2) is 33.8 Å². The highest BCUT2D eigenvalue weighted by molar-refractivity contribution is 5.88. The molecule has 0 aliphatic rings. The minimum absolute atomic E-state index is 0.0566. The van der Waals surface area contributed by atoms with Gasteiger partial charge in [0.2, 0.25) is 5.91 Å². The van der Waals surface area contributed by atoms with Gasteiger partial charge in [0, 0.05) is 19.7 Å². The van der Waals surface area contributed by atoms with Crippen molar-refractivity contribution in [2.45, 2.75) is 46.1 Å². The van der Waals surface area contributed by atoms with Crippen molar-refractivity contribution in [3.05, 3.63) is 18.0 Å². The number of nitrogens with one attached hydrogen (secondary N) is 1. The smallest absolute Gasteiger partial charge is 0.331 e. The fraction of sp³-hybridized carbons (Fsp3) is 0.667. The van der Waals surface area contributed by atoms with Gasteiger partial charge in [-0.05, 0) is 31.7 Å². The van der Waals surface area contributed by atoms with E-state index in [9.17, 15) is 9.59 Å². The summed E-state index contributed by atoms with van der Waals surface area (Å²) < 4.78 is 6.77. The van der Waals surface area contributed by atoms with E-state index in [1.54, 1.807) is 24.7 Å². The van der Waals surface area contributed by atoms with Crippen LogP contribution in [0.1, 0.15) is 39.7 Å². The number of aromatic nitrogens is 2. The van der Waals surface area contributed by atoms with Crippen molar-refractivity contribution >= 4 is 11.9 Å². The minimum Gasteiger partial charge on any atom is -0.464 e. The van der Waals surface area contributed by atoms with Crippen LogP contribution >= 0.6 is 0 Å². The zero-order valence-electron chi connectivity index (χ0n) is 13.5. The van der Waals surface area contributed by atoms with Crippen LogP contribution in [0.25, 0.3) is 0 Å². The molecule has 1 atom stereocenters. The summed E-state index contributed by atoms with van der Waals surface area (Å²) in [6, 6.07) is 0. The molecule has 1 aromatic rings. The van der Waals surface area contributed by atoms with Gasteiger partial charge in [-0.25, -0.2) is 4.79 Å². The van der Waals surface area contributed by atoms with Crippen molar-refractivity contribution in [1.29, 1.82) is 0 Å². The SMILES string of the molecule is CCOC(=O)[C@](C)(NC(=O)CCc1cnn(C)c1)C(C)C. The van der Waals surface area contributed by atoms with Crippen LogP contribution < -0.4 is 5.32 Å². The Morgan fingerprint density at radius 1 is 1.48 bits per heavy atom. The predicted octanol–water partition coefficient (Wildman–Crippen LogP) is 1.45. The monoisotopic (exact) mass is 295 g/mol. The van der Waals surface area contributed by atoms with Crippen LogP contribution in [0, 0.1) is 5.92 Å². The van der Waals surface area contributed by atoms with Crippen LogP contribution in [-0.2, 0) is 27.8 Å². The highest BCUT2D eigenvalue weighted by Crippen LogP contribution is 2.19. The first-order valence-electron chi connectivity index (χ1n) is 7.25. The summed E-state index contributed by atoms with van der Waals surface area (Å²) in [6.45, 7) is 7.53. The van der Waals surface area contributed by atoms with Crippen LogP contribution in [0.15, 0.2) is 12.4 Å². The van der Waals surface area contributed by atoms with Crippen molar-refractivity contribution < 1.29 is 14.3 Å². The van der Waals surface area contributed by atoms with Crippen molar-refractivity contribution in [3.63, 3.8) is 0 Å². The average Bonchev–Trinajstić information content (AvgIpc) is 2.82. The van der Waals surface area contributed by atoms with Crippen LogP contribution in [0.4, 0.5) is 0 Å². The second-order valence-electron chi connectivity index (χ2n) is 5.65. The Balaban J connectivity index is 2.62. The zero-order chi connectivity index (χ0) is 16.0. The van der Waals surface area contributed by atoms with Gasteiger partial charge in [0.1, 0.15) is 5.54 Å². The van der Waals surface area contributed by atoms with Crippen molar-refractivity contribution in [3.8, 4) is 0 Å². The van der Waals surface area contributed by atoms with Gasteiger partial charge in [-0.15, -0.1) is 0 Å². The summed E-state index contributed by atoms with van der Waals surface area (Å²) in [5.41, 5.74) is -0.00258. The number of rotatable bonds is 7. The molecule has 0 aromatic carbocycles. The molecule has 118 valence electrons. The number of carbonyl (C=O) groups excluding carboxylic acids is 2. The molecule has 0 bridgehead atoms. The Bertz CT molecular complexity index is 496. The normalized spacial score (nSPS) is 13.8. The van der Waals surface area contributed by atoms with E-state index in [-0.39, 0.29) is 11.8 Å². The number of amides is 1. The Morgan fingerprint density at radius 3 is 2.62 bits per heavy atom. The standard InChI is InChI=1S/C15H25N3O3/c1-6-21-14(20)15(4,11(2)3)17-13(19)8-7-12-9-16-18(5)10-12/h9-11H,6-8H2,1-5H3,(H,17,19)/t15-/m1/s1. The fourth-order valence-electron chi connectivity index (χ4n) is 1.92. The molecule has 0 aliphatic heterocycles. The predicted molar refractivity (Wildman–Crippen MR) is 79.5 cm³/mol. The molecular formula is C15H25N3O3. The van der Waals surface area contributed by atoms with E-state index in [0.29, 0.717) is 19.4 Å². The largest absolute Gasteiger partial charge is 0.464 e. The van der Waals surface area contributed by atoms with E-state index in [1.807, 2.05) is 27.1 Å². The number of esters is 1. The topological polar surface area (TPSA) is 73.2 Å². The van der Waals surface area contributed by atoms with E-state index < -0.39 is 11.5 Å². The van der Waals surface area contributed by atoms with E-state index >= 15 is 0 Å². The first-order chi connectivity index (χ1) is 9.79. The summed E-state index contributed by atoms with van der Waals surface area (Å²) in [6.07, 6.45) is 4.52. The van der Waals surface area contributed by atoms with Gasteiger partial charge in [0.05, 0.1) is 12.8 Å². The van der Waals surface area contributed by atoms with Gasteiger partial charge in [-0.2, -0.15) is 5.10 Å². The lowest BCUT2D eigenvalue weighted by Gasteiger charge is -2.32. The number of nitrogens with zero attached hydrogens (tertiary/aromatic N) is 2. The molecule has 0 spiro atoms. The first kappa shape index (κ1) is 17.2. The van der Waals surface area contributed by atoms with Crippen LogP contribution in [0.3, 0.4) is 0 Å². The minimum atomic E-state index is -0.998. The molecule has 6 nitrogen and oxygen atoms in total. The molecule has 0 radical (unpaired) electrons.